The van der Waals surface area contributed by atoms with Crippen LogP contribution in [-0.2, 0) is 14.3 Å². The van der Waals surface area contributed by atoms with Crippen LogP contribution in [0.4, 0.5) is 0 Å². The lowest BCUT2D eigenvalue weighted by Gasteiger charge is -2.42. The summed E-state index contributed by atoms with van der Waals surface area (Å²) < 4.78 is 15.8. The molecule has 1 aliphatic heterocycles. The van der Waals surface area contributed by atoms with Crippen LogP contribution in [-0.4, -0.2) is 71.6 Å². The Morgan fingerprint density at radius 2 is 1.92 bits per heavy atom. The van der Waals surface area contributed by atoms with E-state index in [0.717, 1.165) is 0 Å². The molecule has 0 spiro atoms. The van der Waals surface area contributed by atoms with E-state index in [9.17, 15) is 24.9 Å². The molecule has 2 rings (SSSR count). The molecule has 1 aromatic rings. The standard InChI is InChI=1S/C16H21NO8/c1-8(19)17-12-14(21)13(20)11(7-18)25-16(12)24-10-6-4-3-5-9(10)15(22)23-2/h3-6,11-14,16,18,20-21H,7H2,1-2H3,(H,17,19)/t11-,12+,13+,14-,16-/m0/s1. The first-order valence-electron chi connectivity index (χ1n) is 7.62. The summed E-state index contributed by atoms with van der Waals surface area (Å²) in [7, 11) is 1.22. The summed E-state index contributed by atoms with van der Waals surface area (Å²) in [6.45, 7) is 0.667. The Labute approximate surface area is 144 Å². The van der Waals surface area contributed by atoms with E-state index >= 15 is 0 Å². The number of methoxy groups -OCH3 is 1. The highest BCUT2D eigenvalue weighted by molar-refractivity contribution is 5.92. The van der Waals surface area contributed by atoms with Crippen molar-refractivity contribution in [1.82, 2.24) is 5.32 Å². The largest absolute Gasteiger partial charge is 0.465 e. The van der Waals surface area contributed by atoms with E-state index in [-0.39, 0.29) is 11.3 Å². The third-order valence-electron chi connectivity index (χ3n) is 3.79. The van der Waals surface area contributed by atoms with Crippen molar-refractivity contribution in [2.75, 3.05) is 13.7 Å². The highest BCUT2D eigenvalue weighted by atomic mass is 16.7. The molecule has 9 nitrogen and oxygen atoms in total. The average molecular weight is 355 g/mol. The highest BCUT2D eigenvalue weighted by Crippen LogP contribution is 2.27. The van der Waals surface area contributed by atoms with Crippen LogP contribution in [0, 0.1) is 0 Å². The second-order valence-corrected chi connectivity index (χ2v) is 5.54. The van der Waals surface area contributed by atoms with E-state index in [1.165, 1.54) is 26.2 Å². The Balaban J connectivity index is 2.30. The third kappa shape index (κ3) is 4.26. The number of carbonyl (C=O) groups is 2. The van der Waals surface area contributed by atoms with Crippen molar-refractivity contribution in [3.8, 4) is 5.75 Å². The normalized spacial score (nSPS) is 28.9. The summed E-state index contributed by atoms with van der Waals surface area (Å²) in [5.74, 6) is -1.01. The summed E-state index contributed by atoms with van der Waals surface area (Å²) >= 11 is 0. The topological polar surface area (TPSA) is 135 Å². The number of hydrogen-bond donors (Lipinski definition) is 4. The van der Waals surface area contributed by atoms with E-state index in [1.807, 2.05) is 0 Å². The van der Waals surface area contributed by atoms with Crippen molar-refractivity contribution in [2.45, 2.75) is 37.6 Å². The number of para-hydroxylation sites is 1. The van der Waals surface area contributed by atoms with Gasteiger partial charge in [0.15, 0.2) is 0 Å². The van der Waals surface area contributed by atoms with Crippen LogP contribution in [0.25, 0.3) is 0 Å². The molecule has 1 saturated heterocycles. The monoisotopic (exact) mass is 355 g/mol. The number of aliphatic hydroxyl groups is 3. The number of rotatable bonds is 5. The van der Waals surface area contributed by atoms with Gasteiger partial charge in [0.1, 0.15) is 35.7 Å². The summed E-state index contributed by atoms with van der Waals surface area (Å²) in [6, 6.07) is 5.09. The van der Waals surface area contributed by atoms with Gasteiger partial charge in [-0.05, 0) is 12.1 Å². The Kier molecular flexibility index (Phi) is 6.32. The molecule has 0 unspecified atom stereocenters. The number of ether oxygens (including phenoxy) is 3. The fraction of sp³-hybridized carbons (Fsp3) is 0.500. The number of benzene rings is 1. The van der Waals surface area contributed by atoms with Gasteiger partial charge in [0.25, 0.3) is 0 Å². The number of hydrogen-bond acceptors (Lipinski definition) is 8. The predicted octanol–water partition coefficient (Wildman–Crippen LogP) is -1.20. The molecule has 0 aliphatic carbocycles. The van der Waals surface area contributed by atoms with Gasteiger partial charge in [0, 0.05) is 6.92 Å². The fourth-order valence-electron chi connectivity index (χ4n) is 2.54. The van der Waals surface area contributed by atoms with Crippen LogP contribution in [0.3, 0.4) is 0 Å². The molecular weight excluding hydrogens is 334 g/mol. The van der Waals surface area contributed by atoms with Crippen LogP contribution in [0.1, 0.15) is 17.3 Å². The first kappa shape index (κ1) is 19.1. The first-order chi connectivity index (χ1) is 11.9. The third-order valence-corrected chi connectivity index (χ3v) is 3.79. The molecule has 25 heavy (non-hydrogen) atoms. The van der Waals surface area contributed by atoms with E-state index in [2.05, 4.69) is 10.1 Å². The van der Waals surface area contributed by atoms with E-state index in [4.69, 9.17) is 9.47 Å². The maximum atomic E-state index is 11.8. The lowest BCUT2D eigenvalue weighted by Crippen LogP contribution is -2.65. The van der Waals surface area contributed by atoms with Crippen molar-refractivity contribution < 1.29 is 39.1 Å². The van der Waals surface area contributed by atoms with Crippen LogP contribution < -0.4 is 10.1 Å². The van der Waals surface area contributed by atoms with Crippen LogP contribution in [0.2, 0.25) is 0 Å². The number of aliphatic hydroxyl groups excluding tert-OH is 3. The smallest absolute Gasteiger partial charge is 0.341 e. The molecule has 1 amide bonds. The van der Waals surface area contributed by atoms with Gasteiger partial charge >= 0.3 is 5.97 Å². The number of carbonyl (C=O) groups excluding carboxylic acids is 2. The van der Waals surface area contributed by atoms with Crippen LogP contribution >= 0.6 is 0 Å². The second-order valence-electron chi connectivity index (χ2n) is 5.54. The van der Waals surface area contributed by atoms with Gasteiger partial charge in [-0.2, -0.15) is 0 Å². The molecule has 0 bridgehead atoms. The average Bonchev–Trinajstić information content (AvgIpc) is 2.60. The van der Waals surface area contributed by atoms with Crippen molar-refractivity contribution in [3.63, 3.8) is 0 Å². The van der Waals surface area contributed by atoms with E-state index < -0.39 is 49.1 Å². The summed E-state index contributed by atoms with van der Waals surface area (Å²) in [5, 5.41) is 31.9. The van der Waals surface area contributed by atoms with Gasteiger partial charge in [0.2, 0.25) is 12.2 Å². The van der Waals surface area contributed by atoms with Gasteiger partial charge in [-0.25, -0.2) is 4.79 Å². The summed E-state index contributed by atoms with van der Waals surface area (Å²) in [4.78, 5) is 23.2. The zero-order valence-electron chi connectivity index (χ0n) is 13.8. The molecule has 0 aromatic heterocycles. The van der Waals surface area contributed by atoms with Crippen LogP contribution in [0.15, 0.2) is 24.3 Å². The molecule has 1 aromatic carbocycles. The minimum atomic E-state index is -1.44. The minimum absolute atomic E-state index is 0.106. The van der Waals surface area contributed by atoms with Crippen molar-refractivity contribution in [2.24, 2.45) is 0 Å². The Bertz CT molecular complexity index is 622. The Morgan fingerprint density at radius 1 is 1.24 bits per heavy atom. The van der Waals surface area contributed by atoms with Gasteiger partial charge < -0.3 is 34.8 Å². The molecule has 1 fully saturated rings. The van der Waals surface area contributed by atoms with Gasteiger partial charge in [0.05, 0.1) is 13.7 Å². The molecule has 9 heteroatoms. The van der Waals surface area contributed by atoms with Crippen LogP contribution in [0.5, 0.6) is 5.75 Å². The number of esters is 1. The van der Waals surface area contributed by atoms with Crippen molar-refractivity contribution >= 4 is 11.9 Å². The SMILES string of the molecule is COC(=O)c1ccccc1O[C@H]1O[C@@H](CO)[C@@H](O)[C@@H](O)[C@H]1NC(C)=O. The zero-order valence-corrected chi connectivity index (χ0v) is 13.8. The molecule has 138 valence electrons. The van der Waals surface area contributed by atoms with E-state index in [0.29, 0.717) is 0 Å². The van der Waals surface area contributed by atoms with Crippen molar-refractivity contribution in [3.05, 3.63) is 29.8 Å². The lowest BCUT2D eigenvalue weighted by atomic mass is 9.97. The van der Waals surface area contributed by atoms with Gasteiger partial charge in [-0.3, -0.25) is 4.79 Å². The predicted molar refractivity (Wildman–Crippen MR) is 83.8 cm³/mol. The lowest BCUT2D eigenvalue weighted by molar-refractivity contribution is -0.244. The summed E-state index contributed by atoms with van der Waals surface area (Å²) in [5.41, 5.74) is 0.122. The molecule has 1 aliphatic rings. The quantitative estimate of drug-likeness (QED) is 0.484. The number of amides is 1. The molecule has 4 N–H and O–H groups in total. The van der Waals surface area contributed by atoms with E-state index in [1.54, 1.807) is 12.1 Å². The molecule has 0 radical (unpaired) electrons. The maximum absolute atomic E-state index is 11.8. The highest BCUT2D eigenvalue weighted by Gasteiger charge is 2.46. The first-order valence-corrected chi connectivity index (χ1v) is 7.62. The molecule has 5 atom stereocenters. The van der Waals surface area contributed by atoms with Gasteiger partial charge in [-0.15, -0.1) is 0 Å². The molecular formula is C16H21NO8. The number of nitrogens with one attached hydrogen (secondary N) is 1. The maximum Gasteiger partial charge on any atom is 0.341 e. The van der Waals surface area contributed by atoms with Crippen molar-refractivity contribution in [1.29, 1.82) is 0 Å². The fourth-order valence-corrected chi connectivity index (χ4v) is 2.54. The molecule has 0 saturated carbocycles. The molecule has 1 heterocycles. The zero-order chi connectivity index (χ0) is 18.6. The summed E-state index contributed by atoms with van der Waals surface area (Å²) in [6.07, 6.45) is -5.22. The van der Waals surface area contributed by atoms with Gasteiger partial charge in [-0.1, -0.05) is 12.1 Å². The Hall–Kier alpha value is -2.20. The second kappa shape index (κ2) is 8.26. The Morgan fingerprint density at radius 3 is 2.52 bits per heavy atom. The minimum Gasteiger partial charge on any atom is -0.465 e.